The Balaban J connectivity index is 1.75. The van der Waals surface area contributed by atoms with Gasteiger partial charge in [-0.15, -0.1) is 0 Å². The molecule has 23 heavy (non-hydrogen) atoms. The SMILES string of the molecule is O=C(ON1c2ccc(Br)cc2Oc2cc(Br)ccc21)N1CCC1. The number of likely N-dealkylation sites (tertiary alicyclic amines) is 1. The molecule has 2 heterocycles. The van der Waals surface area contributed by atoms with Crippen LogP contribution in [0, 0.1) is 0 Å². The van der Waals surface area contributed by atoms with Crippen LogP contribution in [0.2, 0.25) is 0 Å². The maximum Gasteiger partial charge on any atom is 0.434 e. The standard InChI is InChI=1S/C16H12Br2N2O3/c17-10-2-4-12-14(8-10)22-15-9-11(18)3-5-13(15)20(12)23-16(21)19-6-1-7-19/h2-5,8-9H,1,6-7H2. The predicted molar refractivity (Wildman–Crippen MR) is 93.2 cm³/mol. The van der Waals surface area contributed by atoms with Gasteiger partial charge in [-0.1, -0.05) is 31.9 Å². The van der Waals surface area contributed by atoms with E-state index in [9.17, 15) is 4.79 Å². The van der Waals surface area contributed by atoms with E-state index in [1.54, 1.807) is 4.90 Å². The fraction of sp³-hybridized carbons (Fsp3) is 0.188. The summed E-state index contributed by atoms with van der Waals surface area (Å²) >= 11 is 6.87. The van der Waals surface area contributed by atoms with Crippen molar-refractivity contribution < 1.29 is 14.4 Å². The van der Waals surface area contributed by atoms with E-state index in [2.05, 4.69) is 31.9 Å². The van der Waals surface area contributed by atoms with Crippen LogP contribution in [0.5, 0.6) is 11.5 Å². The van der Waals surface area contributed by atoms with E-state index in [-0.39, 0.29) is 6.09 Å². The smallest absolute Gasteiger partial charge is 0.434 e. The molecule has 0 N–H and O–H groups in total. The summed E-state index contributed by atoms with van der Waals surface area (Å²) in [6, 6.07) is 11.2. The number of hydrogen-bond donors (Lipinski definition) is 0. The number of amides is 1. The van der Waals surface area contributed by atoms with Gasteiger partial charge in [-0.05, 0) is 42.8 Å². The lowest BCUT2D eigenvalue weighted by Crippen LogP contribution is -2.44. The normalized spacial score (nSPS) is 15.2. The summed E-state index contributed by atoms with van der Waals surface area (Å²) in [4.78, 5) is 19.6. The zero-order valence-corrected chi connectivity index (χ0v) is 15.1. The number of ether oxygens (including phenoxy) is 1. The molecule has 0 unspecified atom stereocenters. The van der Waals surface area contributed by atoms with Gasteiger partial charge in [0.25, 0.3) is 0 Å². The minimum Gasteiger partial charge on any atom is -0.453 e. The molecular formula is C16H12Br2N2O3. The molecule has 0 radical (unpaired) electrons. The Morgan fingerprint density at radius 3 is 2.04 bits per heavy atom. The Morgan fingerprint density at radius 2 is 1.57 bits per heavy atom. The van der Waals surface area contributed by atoms with Crippen molar-refractivity contribution >= 4 is 49.3 Å². The van der Waals surface area contributed by atoms with Gasteiger partial charge in [0.2, 0.25) is 0 Å². The second-order valence-electron chi connectivity index (χ2n) is 5.32. The van der Waals surface area contributed by atoms with Crippen LogP contribution in [0.1, 0.15) is 6.42 Å². The molecule has 2 aromatic carbocycles. The summed E-state index contributed by atoms with van der Waals surface area (Å²) in [5, 5.41) is 1.54. The molecule has 2 aromatic rings. The van der Waals surface area contributed by atoms with Crippen molar-refractivity contribution in [3.8, 4) is 11.5 Å². The van der Waals surface area contributed by atoms with Crippen molar-refractivity contribution in [2.24, 2.45) is 0 Å². The summed E-state index contributed by atoms with van der Waals surface area (Å²) in [6.45, 7) is 1.48. The third-order valence-electron chi connectivity index (χ3n) is 3.78. The minimum absolute atomic E-state index is 0.346. The van der Waals surface area contributed by atoms with Crippen LogP contribution < -0.4 is 9.80 Å². The summed E-state index contributed by atoms with van der Waals surface area (Å²) in [5.41, 5.74) is 1.38. The van der Waals surface area contributed by atoms with Gasteiger partial charge in [-0.3, -0.25) is 0 Å². The van der Waals surface area contributed by atoms with E-state index in [4.69, 9.17) is 9.57 Å². The molecule has 0 atom stereocenters. The van der Waals surface area contributed by atoms with Crippen LogP contribution in [-0.4, -0.2) is 24.1 Å². The van der Waals surface area contributed by atoms with Crippen LogP contribution in [0.4, 0.5) is 16.2 Å². The van der Waals surface area contributed by atoms with Gasteiger partial charge in [0.1, 0.15) is 11.4 Å². The van der Waals surface area contributed by atoms with Crippen LogP contribution in [-0.2, 0) is 4.84 Å². The van der Waals surface area contributed by atoms with E-state index in [0.717, 1.165) is 28.5 Å². The molecule has 0 aliphatic carbocycles. The highest BCUT2D eigenvalue weighted by Crippen LogP contribution is 2.48. The van der Waals surface area contributed by atoms with Gasteiger partial charge >= 0.3 is 6.09 Å². The molecule has 1 saturated heterocycles. The topological polar surface area (TPSA) is 42.0 Å². The lowest BCUT2D eigenvalue weighted by molar-refractivity contribution is 0.0796. The Kier molecular flexibility index (Phi) is 3.69. The summed E-state index contributed by atoms with van der Waals surface area (Å²) in [5.74, 6) is 1.25. The number of fused-ring (bicyclic) bond motifs is 2. The number of carbonyl (C=O) groups is 1. The van der Waals surface area contributed by atoms with Gasteiger partial charge in [-0.25, -0.2) is 4.79 Å². The maximum atomic E-state index is 12.2. The third kappa shape index (κ3) is 2.68. The predicted octanol–water partition coefficient (Wildman–Crippen LogP) is 5.21. The fourth-order valence-electron chi connectivity index (χ4n) is 2.46. The van der Waals surface area contributed by atoms with Gasteiger partial charge in [0.05, 0.1) is 0 Å². The molecule has 0 saturated carbocycles. The molecule has 118 valence electrons. The molecular weight excluding hydrogens is 428 g/mol. The number of carbonyl (C=O) groups excluding carboxylic acids is 1. The van der Waals surface area contributed by atoms with Crippen molar-refractivity contribution in [1.82, 2.24) is 4.90 Å². The van der Waals surface area contributed by atoms with Gasteiger partial charge < -0.3 is 14.5 Å². The number of halogens is 2. The highest BCUT2D eigenvalue weighted by Gasteiger charge is 2.31. The highest BCUT2D eigenvalue weighted by atomic mass is 79.9. The molecule has 2 aliphatic heterocycles. The lowest BCUT2D eigenvalue weighted by Gasteiger charge is -2.35. The first kappa shape index (κ1) is 14.8. The van der Waals surface area contributed by atoms with Crippen LogP contribution >= 0.6 is 31.9 Å². The molecule has 7 heteroatoms. The van der Waals surface area contributed by atoms with E-state index in [0.29, 0.717) is 22.9 Å². The Labute approximate surface area is 150 Å². The molecule has 0 aromatic heterocycles. The Hall–Kier alpha value is -1.73. The number of hydrogen-bond acceptors (Lipinski definition) is 4. The largest absolute Gasteiger partial charge is 0.453 e. The molecule has 1 amide bonds. The van der Waals surface area contributed by atoms with E-state index >= 15 is 0 Å². The quantitative estimate of drug-likeness (QED) is 0.611. The molecule has 1 fully saturated rings. The molecule has 2 aliphatic rings. The first-order chi connectivity index (χ1) is 11.1. The van der Waals surface area contributed by atoms with Gasteiger partial charge in [0, 0.05) is 22.0 Å². The van der Waals surface area contributed by atoms with Crippen molar-refractivity contribution in [3.05, 3.63) is 45.3 Å². The zero-order valence-electron chi connectivity index (χ0n) is 12.0. The van der Waals surface area contributed by atoms with Crippen molar-refractivity contribution in [2.75, 3.05) is 18.2 Å². The molecule has 4 rings (SSSR count). The zero-order chi connectivity index (χ0) is 16.0. The second kappa shape index (κ2) is 5.72. The summed E-state index contributed by atoms with van der Waals surface area (Å²) in [7, 11) is 0. The average Bonchev–Trinajstić information content (AvgIpc) is 2.44. The highest BCUT2D eigenvalue weighted by molar-refractivity contribution is 9.10. The summed E-state index contributed by atoms with van der Waals surface area (Å²) in [6.07, 6.45) is 0.673. The van der Waals surface area contributed by atoms with Crippen LogP contribution in [0.25, 0.3) is 0 Å². The molecule has 0 bridgehead atoms. The average molecular weight is 440 g/mol. The van der Waals surface area contributed by atoms with E-state index in [1.165, 1.54) is 5.06 Å². The Morgan fingerprint density at radius 1 is 1.00 bits per heavy atom. The van der Waals surface area contributed by atoms with Crippen LogP contribution in [0.15, 0.2) is 45.3 Å². The molecule has 5 nitrogen and oxygen atoms in total. The Bertz CT molecular complexity index is 741. The van der Waals surface area contributed by atoms with E-state index in [1.807, 2.05) is 36.4 Å². The van der Waals surface area contributed by atoms with Crippen molar-refractivity contribution in [1.29, 1.82) is 0 Å². The monoisotopic (exact) mass is 438 g/mol. The maximum absolute atomic E-state index is 12.2. The number of rotatable bonds is 1. The van der Waals surface area contributed by atoms with Gasteiger partial charge in [0.15, 0.2) is 11.5 Å². The second-order valence-corrected chi connectivity index (χ2v) is 7.15. The number of nitrogens with zero attached hydrogens (tertiary/aromatic N) is 2. The van der Waals surface area contributed by atoms with Gasteiger partial charge in [-0.2, -0.15) is 5.06 Å². The number of benzene rings is 2. The lowest BCUT2D eigenvalue weighted by atomic mass is 10.2. The third-order valence-corrected chi connectivity index (χ3v) is 4.77. The minimum atomic E-state index is -0.346. The first-order valence-electron chi connectivity index (χ1n) is 7.16. The fourth-order valence-corrected chi connectivity index (χ4v) is 3.14. The summed E-state index contributed by atoms with van der Waals surface area (Å²) < 4.78 is 7.73. The van der Waals surface area contributed by atoms with Crippen LogP contribution in [0.3, 0.4) is 0 Å². The van der Waals surface area contributed by atoms with E-state index < -0.39 is 0 Å². The van der Waals surface area contributed by atoms with Crippen molar-refractivity contribution in [2.45, 2.75) is 6.42 Å². The molecule has 0 spiro atoms. The number of anilines is 2. The van der Waals surface area contributed by atoms with Crippen molar-refractivity contribution in [3.63, 3.8) is 0 Å². The first-order valence-corrected chi connectivity index (χ1v) is 8.74.